The molecule has 9 aromatic rings. The molecule has 0 fully saturated rings. The minimum atomic E-state index is -1.78. The normalized spacial score (nSPS) is 13.2. The first kappa shape index (κ1) is 50.7. The molecule has 0 saturated carbocycles. The van der Waals surface area contributed by atoms with Crippen molar-refractivity contribution < 1.29 is 29.1 Å². The molecule has 6 nitrogen and oxygen atoms in total. The van der Waals surface area contributed by atoms with Crippen LogP contribution in [0, 0.1) is 0 Å². The second-order valence-electron chi connectivity index (χ2n) is 18.3. The number of rotatable bonds is 24. The summed E-state index contributed by atoms with van der Waals surface area (Å²) in [6.07, 6.45) is 2.03. The second kappa shape index (κ2) is 24.5. The van der Waals surface area contributed by atoms with Crippen LogP contribution in [-0.2, 0) is 45.9 Å². The highest BCUT2D eigenvalue weighted by molar-refractivity contribution is 6.35. The molecule has 0 aliphatic heterocycles. The van der Waals surface area contributed by atoms with Crippen molar-refractivity contribution in [3.8, 4) is 0 Å². The van der Waals surface area contributed by atoms with E-state index in [1.807, 2.05) is 127 Å². The number of hydrogen-bond acceptors (Lipinski definition) is 6. The zero-order valence-corrected chi connectivity index (χ0v) is 41.9. The van der Waals surface area contributed by atoms with E-state index in [9.17, 15) is 0 Å². The molecule has 0 amide bonds. The van der Waals surface area contributed by atoms with E-state index in [1.54, 1.807) is 0 Å². The van der Waals surface area contributed by atoms with Crippen LogP contribution in [0.1, 0.15) is 108 Å². The molecule has 3 atom stereocenters. The van der Waals surface area contributed by atoms with Crippen LogP contribution in [0.5, 0.6) is 0 Å². The molecular formula is C66H63BO6. The van der Waals surface area contributed by atoms with Gasteiger partial charge < -0.3 is 0 Å². The molecule has 366 valence electrons. The third-order valence-corrected chi connectivity index (χ3v) is 14.3. The predicted molar refractivity (Wildman–Crippen MR) is 292 cm³/mol. The van der Waals surface area contributed by atoms with E-state index >= 15 is 0 Å². The minimum Gasteiger partial charge on any atom is -0.230 e. The lowest BCUT2D eigenvalue weighted by Crippen LogP contribution is -2.46. The summed E-state index contributed by atoms with van der Waals surface area (Å²) in [5, 5.41) is 0. The lowest BCUT2D eigenvalue weighted by Gasteiger charge is -2.43. The summed E-state index contributed by atoms with van der Waals surface area (Å²) >= 11 is 0. The lowest BCUT2D eigenvalue weighted by atomic mass is 9.71. The first-order valence-corrected chi connectivity index (χ1v) is 25.6. The van der Waals surface area contributed by atoms with Gasteiger partial charge in [0.05, 0.1) is 0 Å². The topological polar surface area (TPSA) is 55.4 Å². The van der Waals surface area contributed by atoms with Gasteiger partial charge in [-0.25, -0.2) is 29.1 Å². The van der Waals surface area contributed by atoms with E-state index in [0.29, 0.717) is 19.3 Å². The van der Waals surface area contributed by atoms with Gasteiger partial charge in [-0.1, -0.05) is 294 Å². The third-order valence-electron chi connectivity index (χ3n) is 14.3. The van der Waals surface area contributed by atoms with Crippen molar-refractivity contribution in [2.75, 3.05) is 0 Å². The Morgan fingerprint density at radius 1 is 0.260 bits per heavy atom. The van der Waals surface area contributed by atoms with Crippen molar-refractivity contribution in [1.29, 1.82) is 0 Å². The Kier molecular flexibility index (Phi) is 17.0. The predicted octanol–water partition coefficient (Wildman–Crippen LogP) is 16.2. The van der Waals surface area contributed by atoms with Crippen LogP contribution in [0.25, 0.3) is 0 Å². The van der Waals surface area contributed by atoms with Gasteiger partial charge in [-0.2, -0.15) is 0 Å². The quantitative estimate of drug-likeness (QED) is 0.0342. The van der Waals surface area contributed by atoms with E-state index < -0.39 is 24.1 Å². The molecule has 0 spiro atoms. The molecular weight excluding hydrogens is 900 g/mol. The zero-order chi connectivity index (χ0) is 50.2. The average Bonchev–Trinajstić information content (AvgIpc) is 3.48. The third kappa shape index (κ3) is 10.7. The van der Waals surface area contributed by atoms with E-state index in [2.05, 4.69) is 166 Å². The fourth-order valence-corrected chi connectivity index (χ4v) is 11.0. The van der Waals surface area contributed by atoms with Crippen molar-refractivity contribution in [2.45, 2.75) is 74.6 Å². The summed E-state index contributed by atoms with van der Waals surface area (Å²) in [4.78, 5) is 42.5. The van der Waals surface area contributed by atoms with Crippen LogP contribution in [0.4, 0.5) is 0 Å². The minimum absolute atomic E-state index is 0.272. The van der Waals surface area contributed by atoms with Crippen LogP contribution >= 0.6 is 0 Å². The molecule has 9 aromatic carbocycles. The fourth-order valence-electron chi connectivity index (χ4n) is 11.0. The van der Waals surface area contributed by atoms with Gasteiger partial charge in [0.2, 0.25) is 0 Å². The molecule has 0 aliphatic rings. The van der Waals surface area contributed by atoms with Gasteiger partial charge in [0.25, 0.3) is 0 Å². The first-order chi connectivity index (χ1) is 36.1. The second-order valence-corrected chi connectivity index (χ2v) is 18.3. The van der Waals surface area contributed by atoms with Crippen molar-refractivity contribution in [3.05, 3.63) is 323 Å². The van der Waals surface area contributed by atoms with Gasteiger partial charge in [0.1, 0.15) is 0 Å². The Labute approximate surface area is 432 Å². The summed E-state index contributed by atoms with van der Waals surface area (Å²) in [5.74, 6) is -0.815. The molecule has 9 rings (SSSR count). The summed E-state index contributed by atoms with van der Waals surface area (Å²) < 4.78 is 0. The van der Waals surface area contributed by atoms with Gasteiger partial charge in [-0.3, -0.25) is 0 Å². The molecule has 0 radical (unpaired) electrons. The standard InChI is InChI=1S/C66H63BO6/c1-4-61(52-34-16-7-17-35-52)64(55-40-22-10-23-41-55,56-42-24-11-25-43-56)68-71-67(72-69-65(57-44-26-12-27-45-57,58-46-28-13-29-47-58)62(5-2)53-36-18-8-19-37-53)73-70-66(59-48-30-14-31-49-59,60-50-32-15-33-51-60)63(6-3)54-38-20-9-21-39-54/h7-51,61-63H,4-6H2,1-3H3. The lowest BCUT2D eigenvalue weighted by molar-refractivity contribution is -0.409. The van der Waals surface area contributed by atoms with Crippen molar-refractivity contribution in [3.63, 3.8) is 0 Å². The molecule has 0 heterocycles. The van der Waals surface area contributed by atoms with Gasteiger partial charge in [-0.15, -0.1) is 0 Å². The highest BCUT2D eigenvalue weighted by Crippen LogP contribution is 2.52. The van der Waals surface area contributed by atoms with Gasteiger partial charge in [0, 0.05) is 17.8 Å². The van der Waals surface area contributed by atoms with Crippen molar-refractivity contribution in [1.82, 2.24) is 0 Å². The highest BCUT2D eigenvalue weighted by Gasteiger charge is 2.52. The molecule has 73 heavy (non-hydrogen) atoms. The maximum absolute atomic E-state index is 7.26. The maximum Gasteiger partial charge on any atom is 0.725 e. The molecule has 0 aliphatic carbocycles. The van der Waals surface area contributed by atoms with E-state index in [-0.39, 0.29) is 17.8 Å². The average molecular weight is 963 g/mol. The molecule has 0 saturated heterocycles. The van der Waals surface area contributed by atoms with Crippen molar-refractivity contribution in [2.24, 2.45) is 0 Å². The zero-order valence-electron chi connectivity index (χ0n) is 41.9. The molecule has 0 aromatic heterocycles. The monoisotopic (exact) mass is 962 g/mol. The van der Waals surface area contributed by atoms with Gasteiger partial charge >= 0.3 is 7.32 Å². The van der Waals surface area contributed by atoms with Crippen molar-refractivity contribution >= 4 is 7.32 Å². The molecule has 0 N–H and O–H groups in total. The van der Waals surface area contributed by atoms with Crippen LogP contribution in [0.15, 0.2) is 273 Å². The van der Waals surface area contributed by atoms with E-state index in [1.165, 1.54) is 0 Å². The Balaban J connectivity index is 1.24. The summed E-state index contributed by atoms with van der Waals surface area (Å²) in [5.41, 5.74) is 4.62. The molecule has 3 unspecified atom stereocenters. The number of hydrogen-bond donors (Lipinski definition) is 0. The smallest absolute Gasteiger partial charge is 0.230 e. The Morgan fingerprint density at radius 2 is 0.425 bits per heavy atom. The van der Waals surface area contributed by atoms with Crippen LogP contribution < -0.4 is 0 Å². The highest BCUT2D eigenvalue weighted by atomic mass is 17.3. The van der Waals surface area contributed by atoms with E-state index in [0.717, 1.165) is 50.1 Å². The van der Waals surface area contributed by atoms with Crippen LogP contribution in [0.3, 0.4) is 0 Å². The maximum atomic E-state index is 7.26. The van der Waals surface area contributed by atoms with Gasteiger partial charge in [-0.05, 0) is 69.3 Å². The Morgan fingerprint density at radius 3 is 0.589 bits per heavy atom. The van der Waals surface area contributed by atoms with Crippen LogP contribution in [0.2, 0.25) is 0 Å². The largest absolute Gasteiger partial charge is 0.725 e. The van der Waals surface area contributed by atoms with Crippen LogP contribution in [-0.4, -0.2) is 7.32 Å². The Hall–Kier alpha value is -7.20. The molecule has 0 bridgehead atoms. The summed E-state index contributed by atoms with van der Waals surface area (Å²) in [6.45, 7) is 6.51. The van der Waals surface area contributed by atoms with E-state index in [4.69, 9.17) is 29.1 Å². The summed E-state index contributed by atoms with van der Waals surface area (Å²) in [7, 11) is -1.78. The first-order valence-electron chi connectivity index (χ1n) is 25.6. The number of benzene rings is 9. The summed E-state index contributed by atoms with van der Waals surface area (Å²) in [6, 6.07) is 92.5. The fraction of sp³-hybridized carbons (Fsp3) is 0.182. The van der Waals surface area contributed by atoms with Gasteiger partial charge in [0.15, 0.2) is 16.8 Å². The Bertz CT molecular complexity index is 2520. The molecule has 7 heteroatoms. The SMILES string of the molecule is CCC(c1ccccc1)C(OOB(OOC(c1ccccc1)(c1ccccc1)C(CC)c1ccccc1)OOC(c1ccccc1)(c1ccccc1)C(CC)c1ccccc1)(c1ccccc1)c1ccccc1.